The predicted molar refractivity (Wildman–Crippen MR) is 104 cm³/mol. The standard InChI is InChI=1S/C19H19N3O5S/c1-25-13-8-6-12(7-9-13)18-21-16(27-22-18)5-3-4-15(23)20-14-10-11-28-17(14)19(24)26-2/h6-11H,3-5H2,1-2H3,(H,20,23). The van der Waals surface area contributed by atoms with E-state index >= 15 is 0 Å². The predicted octanol–water partition coefficient (Wildman–Crippen LogP) is 3.55. The number of carbonyl (C=O) groups is 2. The summed E-state index contributed by atoms with van der Waals surface area (Å²) in [4.78, 5) is 28.5. The van der Waals surface area contributed by atoms with E-state index in [0.717, 1.165) is 11.3 Å². The largest absolute Gasteiger partial charge is 0.497 e. The zero-order valence-electron chi connectivity index (χ0n) is 15.4. The highest BCUT2D eigenvalue weighted by Gasteiger charge is 2.16. The Morgan fingerprint density at radius 1 is 1.18 bits per heavy atom. The maximum atomic E-state index is 12.1. The Balaban J connectivity index is 1.50. The number of hydrogen-bond donors (Lipinski definition) is 1. The van der Waals surface area contributed by atoms with Crippen molar-refractivity contribution in [2.75, 3.05) is 19.5 Å². The molecule has 0 aliphatic heterocycles. The second kappa shape index (κ2) is 9.14. The van der Waals surface area contributed by atoms with Crippen LogP contribution in [-0.2, 0) is 16.0 Å². The molecule has 8 nitrogen and oxygen atoms in total. The number of rotatable bonds is 8. The van der Waals surface area contributed by atoms with Crippen LogP contribution in [0.4, 0.5) is 5.69 Å². The highest BCUT2D eigenvalue weighted by atomic mass is 32.1. The molecule has 0 radical (unpaired) electrons. The van der Waals surface area contributed by atoms with Gasteiger partial charge in [0.25, 0.3) is 0 Å². The van der Waals surface area contributed by atoms with Crippen molar-refractivity contribution in [3.05, 3.63) is 46.5 Å². The fourth-order valence-electron chi connectivity index (χ4n) is 2.49. The third kappa shape index (κ3) is 4.74. The zero-order chi connectivity index (χ0) is 19.9. The summed E-state index contributed by atoms with van der Waals surface area (Å²) in [6.07, 6.45) is 1.27. The quantitative estimate of drug-likeness (QED) is 0.576. The summed E-state index contributed by atoms with van der Waals surface area (Å²) in [5.41, 5.74) is 1.28. The number of anilines is 1. The molecule has 2 heterocycles. The lowest BCUT2D eigenvalue weighted by Crippen LogP contribution is -2.13. The van der Waals surface area contributed by atoms with E-state index in [-0.39, 0.29) is 12.3 Å². The smallest absolute Gasteiger partial charge is 0.350 e. The molecule has 0 bridgehead atoms. The molecule has 9 heteroatoms. The minimum Gasteiger partial charge on any atom is -0.497 e. The first kappa shape index (κ1) is 19.6. The van der Waals surface area contributed by atoms with Crippen LogP contribution in [0.3, 0.4) is 0 Å². The summed E-state index contributed by atoms with van der Waals surface area (Å²) in [5.74, 6) is 1.03. The van der Waals surface area contributed by atoms with Crippen molar-refractivity contribution in [2.24, 2.45) is 0 Å². The van der Waals surface area contributed by atoms with Crippen LogP contribution < -0.4 is 10.1 Å². The summed E-state index contributed by atoms with van der Waals surface area (Å²) in [6.45, 7) is 0. The van der Waals surface area contributed by atoms with Crippen LogP contribution in [-0.4, -0.2) is 36.2 Å². The molecule has 1 aromatic carbocycles. The fraction of sp³-hybridized carbons (Fsp3) is 0.263. The lowest BCUT2D eigenvalue weighted by atomic mass is 10.2. The number of aromatic nitrogens is 2. The van der Waals surface area contributed by atoms with E-state index in [2.05, 4.69) is 15.5 Å². The zero-order valence-corrected chi connectivity index (χ0v) is 16.2. The molecule has 146 valence electrons. The van der Waals surface area contributed by atoms with Gasteiger partial charge in [0.05, 0.1) is 19.9 Å². The summed E-state index contributed by atoms with van der Waals surface area (Å²) >= 11 is 1.22. The van der Waals surface area contributed by atoms with E-state index in [1.54, 1.807) is 18.6 Å². The number of carbonyl (C=O) groups excluding carboxylic acids is 2. The molecule has 0 spiro atoms. The number of benzene rings is 1. The Morgan fingerprint density at radius 3 is 2.68 bits per heavy atom. The third-order valence-electron chi connectivity index (χ3n) is 3.92. The Bertz CT molecular complexity index is 949. The maximum Gasteiger partial charge on any atom is 0.350 e. The van der Waals surface area contributed by atoms with Crippen LogP contribution >= 0.6 is 11.3 Å². The number of methoxy groups -OCH3 is 2. The Morgan fingerprint density at radius 2 is 1.96 bits per heavy atom. The normalized spacial score (nSPS) is 10.5. The third-order valence-corrected chi connectivity index (χ3v) is 4.82. The highest BCUT2D eigenvalue weighted by Crippen LogP contribution is 2.23. The number of nitrogens with zero attached hydrogens (tertiary/aromatic N) is 2. The van der Waals surface area contributed by atoms with E-state index in [0.29, 0.717) is 35.1 Å². The van der Waals surface area contributed by atoms with Crippen LogP contribution in [0.5, 0.6) is 5.75 Å². The topological polar surface area (TPSA) is 104 Å². The van der Waals surface area contributed by atoms with Gasteiger partial charge in [-0.3, -0.25) is 4.79 Å². The first-order valence-electron chi connectivity index (χ1n) is 8.53. The number of amides is 1. The summed E-state index contributed by atoms with van der Waals surface area (Å²) in [6, 6.07) is 9.01. The second-order valence-corrected chi connectivity index (χ2v) is 6.71. The molecule has 3 aromatic rings. The first-order valence-corrected chi connectivity index (χ1v) is 9.41. The second-order valence-electron chi connectivity index (χ2n) is 5.80. The summed E-state index contributed by atoms with van der Waals surface area (Å²) < 4.78 is 15.1. The lowest BCUT2D eigenvalue weighted by Gasteiger charge is -2.04. The number of aryl methyl sites for hydroxylation is 1. The first-order chi connectivity index (χ1) is 13.6. The van der Waals surface area contributed by atoms with Gasteiger partial charge in [0.1, 0.15) is 10.6 Å². The van der Waals surface area contributed by atoms with E-state index in [1.807, 2.05) is 24.3 Å². The molecule has 0 aliphatic rings. The number of hydrogen-bond acceptors (Lipinski definition) is 8. The molecule has 3 rings (SSSR count). The van der Waals surface area contributed by atoms with Crippen LogP contribution in [0, 0.1) is 0 Å². The van der Waals surface area contributed by atoms with E-state index in [4.69, 9.17) is 14.0 Å². The molecule has 1 amide bonds. The van der Waals surface area contributed by atoms with Crippen LogP contribution in [0.25, 0.3) is 11.4 Å². The van der Waals surface area contributed by atoms with Gasteiger partial charge in [0.2, 0.25) is 17.6 Å². The van der Waals surface area contributed by atoms with Crippen molar-refractivity contribution in [3.8, 4) is 17.1 Å². The average Bonchev–Trinajstić information content (AvgIpc) is 3.37. The van der Waals surface area contributed by atoms with Gasteiger partial charge in [-0.2, -0.15) is 4.98 Å². The van der Waals surface area contributed by atoms with Gasteiger partial charge < -0.3 is 19.3 Å². The molecular weight excluding hydrogens is 382 g/mol. The molecule has 0 saturated heterocycles. The van der Waals surface area contributed by atoms with Gasteiger partial charge in [-0.05, 0) is 42.1 Å². The highest BCUT2D eigenvalue weighted by molar-refractivity contribution is 7.12. The number of thiophene rings is 1. The van der Waals surface area contributed by atoms with Crippen LogP contribution in [0.1, 0.15) is 28.4 Å². The molecule has 0 aliphatic carbocycles. The lowest BCUT2D eigenvalue weighted by molar-refractivity contribution is -0.116. The molecule has 28 heavy (non-hydrogen) atoms. The van der Waals surface area contributed by atoms with Crippen molar-refractivity contribution >= 4 is 28.9 Å². The minimum absolute atomic E-state index is 0.196. The van der Waals surface area contributed by atoms with Crippen LogP contribution in [0.15, 0.2) is 40.2 Å². The molecule has 0 fully saturated rings. The SMILES string of the molecule is COC(=O)c1sccc1NC(=O)CCCc1nc(-c2ccc(OC)cc2)no1. The molecular formula is C19H19N3O5S. The van der Waals surface area contributed by atoms with Crippen LogP contribution in [0.2, 0.25) is 0 Å². The Labute approximate surface area is 165 Å². The number of ether oxygens (including phenoxy) is 2. The van der Waals surface area contributed by atoms with Crippen molar-refractivity contribution < 1.29 is 23.6 Å². The van der Waals surface area contributed by atoms with E-state index in [1.165, 1.54) is 18.4 Å². The summed E-state index contributed by atoms with van der Waals surface area (Å²) in [7, 11) is 2.91. The van der Waals surface area contributed by atoms with Crippen molar-refractivity contribution in [1.29, 1.82) is 0 Å². The molecule has 0 unspecified atom stereocenters. The molecule has 1 N–H and O–H groups in total. The van der Waals surface area contributed by atoms with E-state index in [9.17, 15) is 9.59 Å². The van der Waals surface area contributed by atoms with Crippen molar-refractivity contribution in [3.63, 3.8) is 0 Å². The minimum atomic E-state index is -0.470. The van der Waals surface area contributed by atoms with Crippen molar-refractivity contribution in [2.45, 2.75) is 19.3 Å². The van der Waals surface area contributed by atoms with Gasteiger partial charge >= 0.3 is 5.97 Å². The fourth-order valence-corrected chi connectivity index (χ4v) is 3.25. The van der Waals surface area contributed by atoms with Gasteiger partial charge in [-0.15, -0.1) is 11.3 Å². The maximum absolute atomic E-state index is 12.1. The van der Waals surface area contributed by atoms with Gasteiger partial charge in [0, 0.05) is 18.4 Å². The average molecular weight is 401 g/mol. The number of nitrogens with one attached hydrogen (secondary N) is 1. The molecule has 2 aromatic heterocycles. The number of esters is 1. The Hall–Kier alpha value is -3.20. The van der Waals surface area contributed by atoms with Gasteiger partial charge in [0.15, 0.2) is 0 Å². The molecule has 0 saturated carbocycles. The summed E-state index contributed by atoms with van der Waals surface area (Å²) in [5, 5.41) is 8.41. The van der Waals surface area contributed by atoms with Gasteiger partial charge in [-0.1, -0.05) is 5.16 Å². The van der Waals surface area contributed by atoms with Gasteiger partial charge in [-0.25, -0.2) is 4.79 Å². The Kier molecular flexibility index (Phi) is 6.38. The monoisotopic (exact) mass is 401 g/mol. The van der Waals surface area contributed by atoms with Crippen molar-refractivity contribution in [1.82, 2.24) is 10.1 Å². The van der Waals surface area contributed by atoms with E-state index < -0.39 is 5.97 Å². The molecule has 0 atom stereocenters.